The van der Waals surface area contributed by atoms with E-state index in [0.29, 0.717) is 18.6 Å². The number of ether oxygens (including phenoxy) is 1. The lowest BCUT2D eigenvalue weighted by atomic mass is 10.2. The smallest absolute Gasteiger partial charge is 0.214 e. The van der Waals surface area contributed by atoms with Crippen molar-refractivity contribution in [1.29, 1.82) is 0 Å². The Morgan fingerprint density at radius 1 is 1.33 bits per heavy atom. The second kappa shape index (κ2) is 5.69. The number of rotatable bonds is 6. The van der Waals surface area contributed by atoms with Gasteiger partial charge in [0.15, 0.2) is 11.6 Å². The highest BCUT2D eigenvalue weighted by molar-refractivity contribution is 6.11. The molecule has 0 aliphatic heterocycles. The van der Waals surface area contributed by atoms with Crippen molar-refractivity contribution in [2.75, 3.05) is 0 Å². The minimum absolute atomic E-state index is 0.100. The van der Waals surface area contributed by atoms with Crippen LogP contribution in [0.4, 0.5) is 0 Å². The Labute approximate surface area is 90.5 Å². The van der Waals surface area contributed by atoms with Gasteiger partial charge in [-0.1, -0.05) is 26.3 Å². The molecule has 15 heavy (non-hydrogen) atoms. The summed E-state index contributed by atoms with van der Waals surface area (Å²) in [4.78, 5) is 22.5. The molecule has 0 saturated heterocycles. The first-order valence-corrected chi connectivity index (χ1v) is 5.55. The number of Topliss-reactive ketones (excluding diaryl/α,β-unsaturated/α-hetero) is 2. The van der Waals surface area contributed by atoms with Crippen LogP contribution in [0.1, 0.15) is 45.4 Å². The van der Waals surface area contributed by atoms with Gasteiger partial charge in [-0.15, -0.1) is 0 Å². The fourth-order valence-corrected chi connectivity index (χ4v) is 1.62. The van der Waals surface area contributed by atoms with Gasteiger partial charge in [0.2, 0.25) is 6.10 Å². The molecule has 0 amide bonds. The average Bonchev–Trinajstić information content (AvgIpc) is 2.50. The summed E-state index contributed by atoms with van der Waals surface area (Å²) >= 11 is 0. The maximum Gasteiger partial charge on any atom is 0.214 e. The largest absolute Gasteiger partial charge is 0.480 e. The highest BCUT2D eigenvalue weighted by Gasteiger charge is 2.34. The topological polar surface area (TPSA) is 43.4 Å². The minimum Gasteiger partial charge on any atom is -0.480 e. The van der Waals surface area contributed by atoms with Crippen LogP contribution in [0.2, 0.25) is 0 Å². The maximum absolute atomic E-state index is 11.3. The highest BCUT2D eigenvalue weighted by atomic mass is 16.5. The van der Waals surface area contributed by atoms with Crippen LogP contribution < -0.4 is 0 Å². The van der Waals surface area contributed by atoms with E-state index in [9.17, 15) is 9.59 Å². The predicted molar refractivity (Wildman–Crippen MR) is 57.4 cm³/mol. The first-order chi connectivity index (χ1) is 7.15. The van der Waals surface area contributed by atoms with Gasteiger partial charge >= 0.3 is 0 Å². The molecule has 0 atom stereocenters. The lowest BCUT2D eigenvalue weighted by molar-refractivity contribution is -0.134. The van der Waals surface area contributed by atoms with Gasteiger partial charge in [0, 0.05) is 19.3 Å². The molecule has 0 radical (unpaired) electrons. The number of unbranched alkanes of at least 4 members (excludes halogenated alkanes) is 2. The monoisotopic (exact) mass is 210 g/mol. The molecule has 0 aromatic rings. The summed E-state index contributed by atoms with van der Waals surface area (Å²) < 4.78 is 5.29. The summed E-state index contributed by atoms with van der Waals surface area (Å²) in [6.45, 7) is 5.85. The predicted octanol–water partition coefficient (Wildman–Crippen LogP) is 2.40. The van der Waals surface area contributed by atoms with Crippen molar-refractivity contribution in [3.8, 4) is 0 Å². The van der Waals surface area contributed by atoms with Crippen LogP contribution in [0.15, 0.2) is 12.3 Å². The number of hydrogen-bond acceptors (Lipinski definition) is 3. The van der Waals surface area contributed by atoms with Crippen LogP contribution in [0.25, 0.3) is 0 Å². The standard InChI is InChI=1S/C12H18O3/c1-3-4-5-6-9(2)15-12-10(13)7-8-11(12)14/h12H,2-8H2,1H3. The number of hydrogen-bond donors (Lipinski definition) is 0. The van der Waals surface area contributed by atoms with Crippen molar-refractivity contribution in [1.82, 2.24) is 0 Å². The number of ketones is 2. The zero-order valence-corrected chi connectivity index (χ0v) is 9.25. The molecular weight excluding hydrogens is 192 g/mol. The van der Waals surface area contributed by atoms with E-state index in [1.165, 1.54) is 0 Å². The van der Waals surface area contributed by atoms with Crippen LogP contribution >= 0.6 is 0 Å². The van der Waals surface area contributed by atoms with Crippen LogP contribution in [-0.2, 0) is 14.3 Å². The molecule has 1 fully saturated rings. The third kappa shape index (κ3) is 3.50. The Balaban J connectivity index is 2.31. The fourth-order valence-electron chi connectivity index (χ4n) is 1.62. The summed E-state index contributed by atoms with van der Waals surface area (Å²) in [5, 5.41) is 0. The van der Waals surface area contributed by atoms with Crippen molar-refractivity contribution in [2.45, 2.75) is 51.6 Å². The van der Waals surface area contributed by atoms with Crippen molar-refractivity contribution in [2.24, 2.45) is 0 Å². The maximum atomic E-state index is 11.3. The van der Waals surface area contributed by atoms with Crippen LogP contribution in [0, 0.1) is 0 Å². The molecule has 0 aromatic heterocycles. The SMILES string of the molecule is C=C(CCCCC)OC1C(=O)CCC1=O. The van der Waals surface area contributed by atoms with E-state index in [4.69, 9.17) is 4.74 Å². The summed E-state index contributed by atoms with van der Waals surface area (Å²) in [6, 6.07) is 0. The molecule has 1 rings (SSSR count). The van der Waals surface area contributed by atoms with Gasteiger partial charge in [-0.2, -0.15) is 0 Å². The van der Waals surface area contributed by atoms with E-state index in [-0.39, 0.29) is 11.6 Å². The lowest BCUT2D eigenvalue weighted by Gasteiger charge is -2.12. The molecular formula is C12H18O3. The van der Waals surface area contributed by atoms with E-state index in [0.717, 1.165) is 25.7 Å². The van der Waals surface area contributed by atoms with Gasteiger partial charge in [-0.25, -0.2) is 0 Å². The molecule has 0 bridgehead atoms. The van der Waals surface area contributed by atoms with Crippen molar-refractivity contribution >= 4 is 11.6 Å². The molecule has 1 aliphatic rings. The second-order valence-corrected chi connectivity index (χ2v) is 3.93. The number of allylic oxidation sites excluding steroid dienone is 1. The Kier molecular flexibility index (Phi) is 4.53. The number of carbonyl (C=O) groups is 2. The van der Waals surface area contributed by atoms with E-state index >= 15 is 0 Å². The van der Waals surface area contributed by atoms with E-state index in [1.54, 1.807) is 0 Å². The molecule has 1 saturated carbocycles. The van der Waals surface area contributed by atoms with Gasteiger partial charge in [0.05, 0.1) is 5.76 Å². The molecule has 0 aromatic carbocycles. The third-order valence-electron chi connectivity index (χ3n) is 2.55. The van der Waals surface area contributed by atoms with E-state index in [1.807, 2.05) is 0 Å². The van der Waals surface area contributed by atoms with Crippen molar-refractivity contribution in [3.63, 3.8) is 0 Å². The Morgan fingerprint density at radius 3 is 2.47 bits per heavy atom. The molecule has 0 heterocycles. The Bertz CT molecular complexity index is 252. The third-order valence-corrected chi connectivity index (χ3v) is 2.55. The molecule has 0 spiro atoms. The minimum atomic E-state index is -0.848. The van der Waals surface area contributed by atoms with Crippen LogP contribution in [0.5, 0.6) is 0 Å². The number of carbonyl (C=O) groups excluding carboxylic acids is 2. The molecule has 3 heteroatoms. The summed E-state index contributed by atoms with van der Waals surface area (Å²) in [7, 11) is 0. The van der Waals surface area contributed by atoms with Crippen molar-refractivity contribution in [3.05, 3.63) is 12.3 Å². The van der Waals surface area contributed by atoms with Crippen molar-refractivity contribution < 1.29 is 14.3 Å². The molecule has 0 unspecified atom stereocenters. The van der Waals surface area contributed by atoms with Gasteiger partial charge in [-0.3, -0.25) is 9.59 Å². The second-order valence-electron chi connectivity index (χ2n) is 3.93. The van der Waals surface area contributed by atoms with E-state index < -0.39 is 6.10 Å². The molecule has 1 aliphatic carbocycles. The van der Waals surface area contributed by atoms with Gasteiger partial charge < -0.3 is 4.74 Å². The zero-order chi connectivity index (χ0) is 11.3. The Morgan fingerprint density at radius 2 is 1.93 bits per heavy atom. The lowest BCUT2D eigenvalue weighted by Crippen LogP contribution is -2.24. The van der Waals surface area contributed by atoms with Gasteiger partial charge in [-0.05, 0) is 6.42 Å². The van der Waals surface area contributed by atoms with Crippen LogP contribution in [-0.4, -0.2) is 17.7 Å². The van der Waals surface area contributed by atoms with Gasteiger partial charge in [0.1, 0.15) is 0 Å². The van der Waals surface area contributed by atoms with Crippen LogP contribution in [0.3, 0.4) is 0 Å². The first-order valence-electron chi connectivity index (χ1n) is 5.55. The zero-order valence-electron chi connectivity index (χ0n) is 9.25. The summed E-state index contributed by atoms with van der Waals surface area (Å²) in [5.41, 5.74) is 0. The fraction of sp³-hybridized carbons (Fsp3) is 0.667. The van der Waals surface area contributed by atoms with Gasteiger partial charge in [0.25, 0.3) is 0 Å². The quantitative estimate of drug-likeness (QED) is 0.384. The highest BCUT2D eigenvalue weighted by Crippen LogP contribution is 2.19. The van der Waals surface area contributed by atoms with E-state index in [2.05, 4.69) is 13.5 Å². The normalized spacial score (nSPS) is 17.1. The average molecular weight is 210 g/mol. The summed E-state index contributed by atoms with van der Waals surface area (Å²) in [6.07, 6.45) is 3.80. The Hall–Kier alpha value is -1.12. The summed E-state index contributed by atoms with van der Waals surface area (Å²) in [5.74, 6) is 0.366. The molecule has 0 N–H and O–H groups in total. The molecule has 3 nitrogen and oxygen atoms in total. The first kappa shape index (κ1) is 12.0. The molecule has 84 valence electrons.